The standard InChI is InChI=1S/C24H28N4O5/c1-15-7-3-4-8-17(15)14-26-24(32)19-13-21(29)27-16(2)22(30)25-11-12-33-20-10-6-5-9-18(20)23(31)28-19/h3-10,16,19H,11-14H2,1-2H3,(H,25,30)(H,26,32)(H,27,29)(H,28,31)/t16-,19-/m0/s1. The van der Waals surface area contributed by atoms with Gasteiger partial charge in [0, 0.05) is 6.54 Å². The summed E-state index contributed by atoms with van der Waals surface area (Å²) in [6, 6.07) is 12.2. The SMILES string of the molecule is Cc1ccccc1CNC(=O)[C@@H]1CC(=O)N[C@@H](C)C(=O)NCCOc2ccccc2C(=O)N1. The molecular weight excluding hydrogens is 424 g/mol. The van der Waals surface area contributed by atoms with Crippen molar-refractivity contribution in [2.45, 2.75) is 38.9 Å². The van der Waals surface area contributed by atoms with Crippen molar-refractivity contribution in [1.29, 1.82) is 0 Å². The number of benzene rings is 2. The first-order valence-electron chi connectivity index (χ1n) is 10.8. The molecule has 0 saturated carbocycles. The minimum absolute atomic E-state index is 0.136. The summed E-state index contributed by atoms with van der Waals surface area (Å²) < 4.78 is 5.66. The predicted molar refractivity (Wildman–Crippen MR) is 121 cm³/mol. The van der Waals surface area contributed by atoms with E-state index in [4.69, 9.17) is 4.74 Å². The molecule has 0 aliphatic carbocycles. The van der Waals surface area contributed by atoms with Gasteiger partial charge >= 0.3 is 0 Å². The van der Waals surface area contributed by atoms with Crippen LogP contribution < -0.4 is 26.0 Å². The van der Waals surface area contributed by atoms with E-state index in [9.17, 15) is 19.2 Å². The molecule has 0 fully saturated rings. The van der Waals surface area contributed by atoms with Gasteiger partial charge in [0.05, 0.1) is 18.5 Å². The number of nitrogens with one attached hydrogen (secondary N) is 4. The molecule has 2 aromatic carbocycles. The molecule has 4 amide bonds. The van der Waals surface area contributed by atoms with Crippen molar-refractivity contribution < 1.29 is 23.9 Å². The van der Waals surface area contributed by atoms with Crippen LogP contribution in [0.3, 0.4) is 0 Å². The highest BCUT2D eigenvalue weighted by atomic mass is 16.5. The highest BCUT2D eigenvalue weighted by molar-refractivity contribution is 6.01. The van der Waals surface area contributed by atoms with Crippen LogP contribution in [-0.2, 0) is 20.9 Å². The zero-order chi connectivity index (χ0) is 23.8. The molecule has 0 spiro atoms. The molecule has 1 aliphatic heterocycles. The normalized spacial score (nSPS) is 19.6. The molecule has 1 heterocycles. The zero-order valence-corrected chi connectivity index (χ0v) is 18.6. The Morgan fingerprint density at radius 3 is 2.58 bits per heavy atom. The van der Waals surface area contributed by atoms with Crippen LogP contribution in [0.2, 0.25) is 0 Å². The second-order valence-corrected chi connectivity index (χ2v) is 7.80. The van der Waals surface area contributed by atoms with Crippen molar-refractivity contribution in [3.63, 3.8) is 0 Å². The van der Waals surface area contributed by atoms with Gasteiger partial charge in [-0.1, -0.05) is 36.4 Å². The van der Waals surface area contributed by atoms with E-state index in [2.05, 4.69) is 21.3 Å². The lowest BCUT2D eigenvalue weighted by Gasteiger charge is -2.21. The number of para-hydroxylation sites is 1. The number of aryl methyl sites for hydroxylation is 1. The molecule has 33 heavy (non-hydrogen) atoms. The van der Waals surface area contributed by atoms with Crippen molar-refractivity contribution in [2.75, 3.05) is 13.2 Å². The molecule has 3 rings (SSSR count). The van der Waals surface area contributed by atoms with Gasteiger partial charge < -0.3 is 26.0 Å². The molecular formula is C24H28N4O5. The molecule has 0 aromatic heterocycles. The minimum Gasteiger partial charge on any atom is -0.491 e. The smallest absolute Gasteiger partial charge is 0.255 e. The molecule has 2 atom stereocenters. The van der Waals surface area contributed by atoms with Gasteiger partial charge in [-0.2, -0.15) is 0 Å². The number of hydrogen-bond acceptors (Lipinski definition) is 5. The lowest BCUT2D eigenvalue weighted by molar-refractivity contribution is -0.130. The summed E-state index contributed by atoms with van der Waals surface area (Å²) in [5, 5.41) is 10.7. The zero-order valence-electron chi connectivity index (χ0n) is 18.6. The summed E-state index contributed by atoms with van der Waals surface area (Å²) in [6.45, 7) is 4.07. The van der Waals surface area contributed by atoms with Gasteiger partial charge in [-0.05, 0) is 37.1 Å². The fourth-order valence-electron chi connectivity index (χ4n) is 3.38. The highest BCUT2D eigenvalue weighted by Crippen LogP contribution is 2.18. The average Bonchev–Trinajstić information content (AvgIpc) is 2.80. The first-order valence-corrected chi connectivity index (χ1v) is 10.8. The van der Waals surface area contributed by atoms with Crippen molar-refractivity contribution in [1.82, 2.24) is 21.3 Å². The van der Waals surface area contributed by atoms with Crippen LogP contribution >= 0.6 is 0 Å². The Kier molecular flexibility index (Phi) is 8.01. The third kappa shape index (κ3) is 6.55. The number of fused-ring (bicyclic) bond motifs is 1. The Bertz CT molecular complexity index is 1040. The Hall–Kier alpha value is -3.88. The van der Waals surface area contributed by atoms with Crippen LogP contribution in [0, 0.1) is 6.92 Å². The van der Waals surface area contributed by atoms with E-state index in [1.54, 1.807) is 31.2 Å². The molecule has 0 radical (unpaired) electrons. The van der Waals surface area contributed by atoms with E-state index in [-0.39, 0.29) is 37.6 Å². The molecule has 9 heteroatoms. The first kappa shape index (κ1) is 23.8. The largest absolute Gasteiger partial charge is 0.491 e. The maximum Gasteiger partial charge on any atom is 0.255 e. The predicted octanol–water partition coefficient (Wildman–Crippen LogP) is 0.813. The fraction of sp³-hybridized carbons (Fsp3) is 0.333. The van der Waals surface area contributed by atoms with Crippen LogP contribution in [0.5, 0.6) is 5.75 Å². The average molecular weight is 453 g/mol. The molecule has 0 unspecified atom stereocenters. The summed E-state index contributed by atoms with van der Waals surface area (Å²) in [5.41, 5.74) is 2.16. The molecule has 174 valence electrons. The lowest BCUT2D eigenvalue weighted by Crippen LogP contribution is -2.51. The number of rotatable bonds is 3. The van der Waals surface area contributed by atoms with E-state index in [0.717, 1.165) is 11.1 Å². The van der Waals surface area contributed by atoms with Gasteiger partial charge in [-0.15, -0.1) is 0 Å². The van der Waals surface area contributed by atoms with Crippen LogP contribution in [0.25, 0.3) is 0 Å². The fourth-order valence-corrected chi connectivity index (χ4v) is 3.38. The molecule has 1 aliphatic rings. The van der Waals surface area contributed by atoms with Gasteiger partial charge in [0.1, 0.15) is 24.4 Å². The second-order valence-electron chi connectivity index (χ2n) is 7.80. The van der Waals surface area contributed by atoms with Crippen LogP contribution in [0.1, 0.15) is 34.8 Å². The maximum absolute atomic E-state index is 13.0. The minimum atomic E-state index is -1.15. The van der Waals surface area contributed by atoms with Crippen LogP contribution in [0.15, 0.2) is 48.5 Å². The Labute approximate surface area is 192 Å². The number of hydrogen-bond donors (Lipinski definition) is 4. The van der Waals surface area contributed by atoms with Crippen molar-refractivity contribution in [3.05, 3.63) is 65.2 Å². The lowest BCUT2D eigenvalue weighted by atomic mass is 10.1. The number of amides is 4. The summed E-state index contributed by atoms with van der Waals surface area (Å²) in [7, 11) is 0. The number of ether oxygens (including phenoxy) is 1. The Balaban J connectivity index is 1.82. The van der Waals surface area contributed by atoms with Crippen LogP contribution in [-0.4, -0.2) is 48.9 Å². The van der Waals surface area contributed by atoms with E-state index in [1.807, 2.05) is 31.2 Å². The van der Waals surface area contributed by atoms with E-state index < -0.39 is 29.8 Å². The van der Waals surface area contributed by atoms with Crippen molar-refractivity contribution in [2.24, 2.45) is 0 Å². The van der Waals surface area contributed by atoms with Gasteiger partial charge in [0.15, 0.2) is 0 Å². The topological polar surface area (TPSA) is 126 Å². The van der Waals surface area contributed by atoms with Gasteiger partial charge in [-0.3, -0.25) is 19.2 Å². The highest BCUT2D eigenvalue weighted by Gasteiger charge is 2.27. The third-order valence-corrected chi connectivity index (χ3v) is 5.29. The second kappa shape index (κ2) is 11.1. The van der Waals surface area contributed by atoms with E-state index in [1.165, 1.54) is 0 Å². The van der Waals surface area contributed by atoms with Crippen molar-refractivity contribution in [3.8, 4) is 5.75 Å². The van der Waals surface area contributed by atoms with Gasteiger partial charge in [0.25, 0.3) is 5.91 Å². The Morgan fingerprint density at radius 2 is 1.79 bits per heavy atom. The summed E-state index contributed by atoms with van der Waals surface area (Å²) >= 11 is 0. The monoisotopic (exact) mass is 452 g/mol. The van der Waals surface area contributed by atoms with Crippen molar-refractivity contribution >= 4 is 23.6 Å². The third-order valence-electron chi connectivity index (χ3n) is 5.29. The van der Waals surface area contributed by atoms with Gasteiger partial charge in [0.2, 0.25) is 17.7 Å². The van der Waals surface area contributed by atoms with Gasteiger partial charge in [-0.25, -0.2) is 0 Å². The Morgan fingerprint density at radius 1 is 1.06 bits per heavy atom. The number of carbonyl (C=O) groups excluding carboxylic acids is 4. The molecule has 0 bridgehead atoms. The van der Waals surface area contributed by atoms with Crippen LogP contribution in [0.4, 0.5) is 0 Å². The maximum atomic E-state index is 13.0. The van der Waals surface area contributed by atoms with E-state index >= 15 is 0 Å². The molecule has 2 aromatic rings. The summed E-state index contributed by atoms with van der Waals surface area (Å²) in [6.07, 6.45) is -0.327. The quantitative estimate of drug-likeness (QED) is 0.549. The first-order chi connectivity index (χ1) is 15.8. The summed E-state index contributed by atoms with van der Waals surface area (Å²) in [5.74, 6) is -1.64. The molecule has 9 nitrogen and oxygen atoms in total. The van der Waals surface area contributed by atoms with E-state index in [0.29, 0.717) is 5.75 Å². The summed E-state index contributed by atoms with van der Waals surface area (Å²) in [4.78, 5) is 50.7. The number of carbonyl (C=O) groups is 4. The molecule has 0 saturated heterocycles. The molecule has 4 N–H and O–H groups in total.